The van der Waals surface area contributed by atoms with Crippen LogP contribution in [0.4, 0.5) is 4.39 Å². The molecular weight excluding hydrogens is 417 g/mol. The van der Waals surface area contributed by atoms with Gasteiger partial charge in [-0.05, 0) is 29.8 Å². The predicted octanol–water partition coefficient (Wildman–Crippen LogP) is 2.91. The van der Waals surface area contributed by atoms with Crippen LogP contribution in [0.1, 0.15) is 12.0 Å². The van der Waals surface area contributed by atoms with Crippen LogP contribution in [0, 0.1) is 5.82 Å². The van der Waals surface area contributed by atoms with E-state index in [4.69, 9.17) is 15.6 Å². The summed E-state index contributed by atoms with van der Waals surface area (Å²) < 4.78 is 18.5. The van der Waals surface area contributed by atoms with Crippen LogP contribution in [0.2, 0.25) is 0 Å². The first-order valence-corrected chi connectivity index (χ1v) is 11.2. The second-order valence-electron chi connectivity index (χ2n) is 6.49. The lowest BCUT2D eigenvalue weighted by Crippen LogP contribution is -2.32. The summed E-state index contributed by atoms with van der Waals surface area (Å²) in [6, 6.07) is 8.30. The number of ether oxygens (including phenoxy) is 1. The monoisotopic (exact) mass is 437 g/mol. The zero-order valence-corrected chi connectivity index (χ0v) is 17.0. The van der Waals surface area contributed by atoms with Gasteiger partial charge < -0.3 is 20.5 Å². The summed E-state index contributed by atoms with van der Waals surface area (Å²) in [7, 11) is 2.88. The number of carboxylic acids is 1. The Morgan fingerprint density at radius 1 is 1.34 bits per heavy atom. The van der Waals surface area contributed by atoms with Gasteiger partial charge in [-0.15, -0.1) is 0 Å². The lowest BCUT2D eigenvalue weighted by atomic mass is 10.2. The van der Waals surface area contributed by atoms with E-state index in [0.717, 1.165) is 5.56 Å². The maximum atomic E-state index is 12.9. The summed E-state index contributed by atoms with van der Waals surface area (Å²) in [6.45, 7) is 1.03. The van der Waals surface area contributed by atoms with Crippen LogP contribution >= 0.6 is 21.6 Å². The van der Waals surface area contributed by atoms with Crippen molar-refractivity contribution in [3.8, 4) is 11.6 Å². The molecule has 1 aliphatic heterocycles. The molecule has 0 unspecified atom stereocenters. The van der Waals surface area contributed by atoms with Crippen molar-refractivity contribution in [1.82, 2.24) is 9.88 Å². The second kappa shape index (κ2) is 9.95. The quantitative estimate of drug-likeness (QED) is 0.577. The van der Waals surface area contributed by atoms with Crippen LogP contribution in [0.25, 0.3) is 0 Å². The summed E-state index contributed by atoms with van der Waals surface area (Å²) in [5.74, 6) is -0.145. The molecule has 2 atom stereocenters. The summed E-state index contributed by atoms with van der Waals surface area (Å²) in [6.07, 6.45) is 2.06. The van der Waals surface area contributed by atoms with Gasteiger partial charge in [0.05, 0.1) is 0 Å². The molecule has 7 nitrogen and oxygen atoms in total. The average Bonchev–Trinajstić information content (AvgIpc) is 3.04. The van der Waals surface area contributed by atoms with Crippen molar-refractivity contribution in [2.75, 3.05) is 12.3 Å². The number of carboxylic acid groups (broad SMARTS) is 1. The van der Waals surface area contributed by atoms with Crippen LogP contribution < -0.4 is 10.5 Å². The minimum atomic E-state index is -1.03. The molecule has 0 saturated carbocycles. The van der Waals surface area contributed by atoms with Crippen molar-refractivity contribution in [3.05, 3.63) is 54.0 Å². The fourth-order valence-electron chi connectivity index (χ4n) is 2.64. The smallest absolute Gasteiger partial charge is 0.321 e. The summed E-state index contributed by atoms with van der Waals surface area (Å²) >= 11 is 0. The highest BCUT2D eigenvalue weighted by atomic mass is 33.1. The Labute approximate surface area is 175 Å². The van der Waals surface area contributed by atoms with E-state index in [1.54, 1.807) is 17.2 Å². The van der Waals surface area contributed by atoms with Gasteiger partial charge in [0.25, 0.3) is 0 Å². The molecule has 1 fully saturated rings. The van der Waals surface area contributed by atoms with E-state index in [2.05, 4.69) is 4.98 Å². The Morgan fingerprint density at radius 3 is 2.76 bits per heavy atom. The van der Waals surface area contributed by atoms with E-state index < -0.39 is 12.0 Å². The average molecular weight is 438 g/mol. The number of aromatic nitrogens is 1. The van der Waals surface area contributed by atoms with Crippen LogP contribution in [0.3, 0.4) is 0 Å². The number of nitrogens with zero attached hydrogens (tertiary/aromatic N) is 2. The standard InChI is InChI=1S/C19H20FN3O4S2/c20-13-2-4-14(5-3-13)27-17-6-1-12(8-22-17)9-23-10-15(7-18(23)24)29-28-11-16(21)19(25)26/h1-6,8,15-16H,7,9-11,21H2,(H,25,26)/t15-,16+/m1/s1. The topological polar surface area (TPSA) is 106 Å². The molecule has 154 valence electrons. The second-order valence-corrected chi connectivity index (χ2v) is 9.20. The normalized spacial score (nSPS) is 17.4. The molecule has 1 amide bonds. The van der Waals surface area contributed by atoms with Crippen molar-refractivity contribution in [2.24, 2.45) is 5.73 Å². The molecule has 1 aromatic heterocycles. The lowest BCUT2D eigenvalue weighted by Gasteiger charge is -2.16. The molecule has 29 heavy (non-hydrogen) atoms. The van der Waals surface area contributed by atoms with Gasteiger partial charge in [0.1, 0.15) is 17.6 Å². The minimum absolute atomic E-state index is 0.0530. The van der Waals surface area contributed by atoms with Crippen LogP contribution in [-0.2, 0) is 16.1 Å². The number of hydrogen-bond donors (Lipinski definition) is 2. The molecule has 0 spiro atoms. The first-order chi connectivity index (χ1) is 13.9. The number of aliphatic carboxylic acids is 1. The fourth-order valence-corrected chi connectivity index (χ4v) is 5.29. The Balaban J connectivity index is 1.47. The van der Waals surface area contributed by atoms with Crippen LogP contribution in [-0.4, -0.2) is 50.5 Å². The molecule has 1 aliphatic rings. The zero-order valence-electron chi connectivity index (χ0n) is 15.4. The van der Waals surface area contributed by atoms with E-state index >= 15 is 0 Å². The Hall–Kier alpha value is -2.30. The summed E-state index contributed by atoms with van der Waals surface area (Å²) in [5.41, 5.74) is 6.35. The first-order valence-electron chi connectivity index (χ1n) is 8.83. The SMILES string of the molecule is N[C@@H](CSS[C@@H]1CC(=O)N(Cc2ccc(Oc3ccc(F)cc3)nc2)C1)C(=O)O. The van der Waals surface area contributed by atoms with Crippen LogP contribution in [0.15, 0.2) is 42.6 Å². The molecule has 3 rings (SSSR count). The molecule has 2 heterocycles. The van der Waals surface area contributed by atoms with Gasteiger partial charge >= 0.3 is 5.97 Å². The number of nitrogens with two attached hydrogens (primary N) is 1. The summed E-state index contributed by atoms with van der Waals surface area (Å²) in [5, 5.41) is 8.90. The van der Waals surface area contributed by atoms with Crippen molar-refractivity contribution in [3.63, 3.8) is 0 Å². The third kappa shape index (κ3) is 6.34. The molecule has 10 heteroatoms. The molecule has 2 aromatic rings. The number of hydrogen-bond acceptors (Lipinski definition) is 7. The van der Waals surface area contributed by atoms with Gasteiger partial charge in [0.2, 0.25) is 11.8 Å². The zero-order chi connectivity index (χ0) is 20.8. The van der Waals surface area contributed by atoms with E-state index in [9.17, 15) is 14.0 Å². The van der Waals surface area contributed by atoms with Crippen LogP contribution in [0.5, 0.6) is 11.6 Å². The van der Waals surface area contributed by atoms with Gasteiger partial charge in [0.15, 0.2) is 0 Å². The number of rotatable bonds is 9. The number of benzene rings is 1. The number of halogens is 1. The largest absolute Gasteiger partial charge is 0.480 e. The van der Waals surface area contributed by atoms with Gasteiger partial charge in [-0.3, -0.25) is 9.59 Å². The van der Waals surface area contributed by atoms with E-state index in [1.165, 1.54) is 45.9 Å². The molecule has 1 saturated heterocycles. The minimum Gasteiger partial charge on any atom is -0.480 e. The highest BCUT2D eigenvalue weighted by Gasteiger charge is 2.30. The Kier molecular flexibility index (Phi) is 7.34. The number of pyridine rings is 1. The third-order valence-electron chi connectivity index (χ3n) is 4.16. The van der Waals surface area contributed by atoms with E-state index in [0.29, 0.717) is 36.9 Å². The Morgan fingerprint density at radius 2 is 2.10 bits per heavy atom. The lowest BCUT2D eigenvalue weighted by molar-refractivity contribution is -0.138. The molecule has 0 radical (unpaired) electrons. The maximum absolute atomic E-state index is 12.9. The molecular formula is C19H20FN3O4S2. The number of likely N-dealkylation sites (tertiary alicyclic amines) is 1. The fraction of sp³-hybridized carbons (Fsp3) is 0.316. The van der Waals surface area contributed by atoms with Gasteiger partial charge in [-0.2, -0.15) is 0 Å². The van der Waals surface area contributed by atoms with E-state index in [1.807, 2.05) is 6.07 Å². The van der Waals surface area contributed by atoms with Crippen molar-refractivity contribution >= 4 is 33.5 Å². The number of carbonyl (C=O) groups is 2. The van der Waals surface area contributed by atoms with Gasteiger partial charge in [-0.25, -0.2) is 9.37 Å². The predicted molar refractivity (Wildman–Crippen MR) is 110 cm³/mol. The number of carbonyl (C=O) groups excluding carboxylic acids is 1. The molecule has 3 N–H and O–H groups in total. The maximum Gasteiger partial charge on any atom is 0.321 e. The Bertz CT molecular complexity index is 852. The third-order valence-corrected chi connectivity index (χ3v) is 7.01. The highest BCUT2D eigenvalue weighted by Crippen LogP contribution is 2.34. The van der Waals surface area contributed by atoms with Crippen molar-refractivity contribution in [1.29, 1.82) is 0 Å². The molecule has 1 aromatic carbocycles. The highest BCUT2D eigenvalue weighted by molar-refractivity contribution is 8.77. The van der Waals surface area contributed by atoms with E-state index in [-0.39, 0.29) is 17.0 Å². The molecule has 0 aliphatic carbocycles. The summed E-state index contributed by atoms with van der Waals surface area (Å²) in [4.78, 5) is 29.0. The van der Waals surface area contributed by atoms with Gasteiger partial charge in [-0.1, -0.05) is 27.7 Å². The first kappa shape index (κ1) is 21.4. The number of amides is 1. The van der Waals surface area contributed by atoms with Crippen molar-refractivity contribution < 1.29 is 23.8 Å². The molecule has 0 bridgehead atoms. The van der Waals surface area contributed by atoms with Gasteiger partial charge in [0, 0.05) is 42.8 Å². The van der Waals surface area contributed by atoms with Crippen molar-refractivity contribution in [2.45, 2.75) is 24.3 Å².